The SMILES string of the molecule is Cc1nc2c(C(N)=O)cccn2c1-c1nncc(NCc2cccc(F)c2)n1. The molecule has 0 fully saturated rings. The summed E-state index contributed by atoms with van der Waals surface area (Å²) in [6.07, 6.45) is 3.24. The van der Waals surface area contributed by atoms with Gasteiger partial charge in [-0.15, -0.1) is 5.10 Å². The molecule has 0 saturated carbocycles. The van der Waals surface area contributed by atoms with Gasteiger partial charge in [-0.05, 0) is 36.8 Å². The monoisotopic (exact) mass is 377 g/mol. The average Bonchev–Trinajstić information content (AvgIpc) is 3.02. The van der Waals surface area contributed by atoms with Crippen molar-refractivity contribution in [3.8, 4) is 11.5 Å². The molecular formula is C19H16FN7O. The number of benzene rings is 1. The molecule has 4 aromatic rings. The highest BCUT2D eigenvalue weighted by molar-refractivity contribution is 5.99. The Hall–Kier alpha value is -3.88. The number of carbonyl (C=O) groups excluding carboxylic acids is 1. The highest BCUT2D eigenvalue weighted by Gasteiger charge is 2.18. The fourth-order valence-electron chi connectivity index (χ4n) is 2.97. The number of carbonyl (C=O) groups is 1. The predicted molar refractivity (Wildman–Crippen MR) is 101 cm³/mol. The van der Waals surface area contributed by atoms with Crippen LogP contribution in [0.4, 0.5) is 10.2 Å². The Bertz CT molecular complexity index is 1190. The summed E-state index contributed by atoms with van der Waals surface area (Å²) < 4.78 is 15.0. The van der Waals surface area contributed by atoms with Crippen LogP contribution in [0, 0.1) is 12.7 Å². The summed E-state index contributed by atoms with van der Waals surface area (Å²) in [7, 11) is 0. The molecule has 9 heteroatoms. The number of halogens is 1. The van der Waals surface area contributed by atoms with Gasteiger partial charge < -0.3 is 11.1 Å². The standard InChI is InChI=1S/C19H16FN7O/c1-11-16(27-7-3-6-14(17(21)28)19(27)24-11)18-25-15(10-23-26-18)22-9-12-4-2-5-13(20)8-12/h2-8,10H,9H2,1H3,(H2,21,28)(H,22,25,26). The number of pyridine rings is 1. The minimum Gasteiger partial charge on any atom is -0.365 e. The molecular weight excluding hydrogens is 361 g/mol. The molecule has 0 aliphatic heterocycles. The average molecular weight is 377 g/mol. The third-order valence-corrected chi connectivity index (χ3v) is 4.22. The number of aryl methyl sites for hydroxylation is 1. The van der Waals surface area contributed by atoms with Crippen LogP contribution >= 0.6 is 0 Å². The third kappa shape index (κ3) is 3.25. The third-order valence-electron chi connectivity index (χ3n) is 4.22. The van der Waals surface area contributed by atoms with Crippen molar-refractivity contribution < 1.29 is 9.18 Å². The highest BCUT2D eigenvalue weighted by atomic mass is 19.1. The van der Waals surface area contributed by atoms with E-state index in [0.717, 1.165) is 5.56 Å². The predicted octanol–water partition coefficient (Wildman–Crippen LogP) is 2.34. The maximum absolute atomic E-state index is 13.3. The number of nitrogens with two attached hydrogens (primary N) is 1. The van der Waals surface area contributed by atoms with E-state index in [0.29, 0.717) is 40.8 Å². The molecule has 8 nitrogen and oxygen atoms in total. The molecule has 3 N–H and O–H groups in total. The number of anilines is 1. The lowest BCUT2D eigenvalue weighted by atomic mass is 10.2. The minimum atomic E-state index is -0.563. The topological polar surface area (TPSA) is 111 Å². The first-order valence-electron chi connectivity index (χ1n) is 8.49. The van der Waals surface area contributed by atoms with Gasteiger partial charge in [0.2, 0.25) is 5.82 Å². The Morgan fingerprint density at radius 2 is 2.11 bits per heavy atom. The van der Waals surface area contributed by atoms with E-state index in [4.69, 9.17) is 5.73 Å². The molecule has 0 bridgehead atoms. The fraction of sp³-hybridized carbons (Fsp3) is 0.105. The maximum Gasteiger partial charge on any atom is 0.252 e. The summed E-state index contributed by atoms with van der Waals surface area (Å²) in [5.41, 5.74) is 8.20. The number of rotatable bonds is 5. The molecule has 1 amide bonds. The summed E-state index contributed by atoms with van der Waals surface area (Å²) in [5.74, 6) is -0.0374. The van der Waals surface area contributed by atoms with Crippen LogP contribution in [0.25, 0.3) is 17.2 Å². The van der Waals surface area contributed by atoms with Crippen LogP contribution in [-0.4, -0.2) is 30.5 Å². The van der Waals surface area contributed by atoms with Crippen molar-refractivity contribution in [2.45, 2.75) is 13.5 Å². The van der Waals surface area contributed by atoms with Crippen LogP contribution < -0.4 is 11.1 Å². The normalized spacial score (nSPS) is 10.9. The zero-order valence-electron chi connectivity index (χ0n) is 14.9. The van der Waals surface area contributed by atoms with Crippen molar-refractivity contribution in [3.05, 3.63) is 71.4 Å². The van der Waals surface area contributed by atoms with Gasteiger partial charge in [0, 0.05) is 12.7 Å². The van der Waals surface area contributed by atoms with Gasteiger partial charge in [0.25, 0.3) is 5.91 Å². The molecule has 0 aliphatic rings. The lowest BCUT2D eigenvalue weighted by molar-refractivity contribution is 0.100. The highest BCUT2D eigenvalue weighted by Crippen LogP contribution is 2.23. The number of hydrogen-bond acceptors (Lipinski definition) is 6. The number of amides is 1. The summed E-state index contributed by atoms with van der Waals surface area (Å²) in [6, 6.07) is 9.62. The van der Waals surface area contributed by atoms with Gasteiger partial charge in [-0.1, -0.05) is 12.1 Å². The Balaban J connectivity index is 1.69. The molecule has 0 saturated heterocycles. The van der Waals surface area contributed by atoms with Crippen LogP contribution in [0.15, 0.2) is 48.8 Å². The largest absolute Gasteiger partial charge is 0.365 e. The van der Waals surface area contributed by atoms with E-state index in [1.54, 1.807) is 35.7 Å². The lowest BCUT2D eigenvalue weighted by Gasteiger charge is -2.07. The van der Waals surface area contributed by atoms with Crippen LogP contribution in [0.2, 0.25) is 0 Å². The molecule has 0 spiro atoms. The zero-order chi connectivity index (χ0) is 19.7. The summed E-state index contributed by atoms with van der Waals surface area (Å²) >= 11 is 0. The van der Waals surface area contributed by atoms with Gasteiger partial charge in [0.05, 0.1) is 17.5 Å². The first-order valence-corrected chi connectivity index (χ1v) is 8.49. The number of aromatic nitrogens is 5. The Morgan fingerprint density at radius 1 is 1.25 bits per heavy atom. The quantitative estimate of drug-likeness (QED) is 0.552. The van der Waals surface area contributed by atoms with Crippen molar-refractivity contribution in [1.29, 1.82) is 0 Å². The molecule has 0 atom stereocenters. The second-order valence-corrected chi connectivity index (χ2v) is 6.17. The van der Waals surface area contributed by atoms with E-state index in [2.05, 4.69) is 25.5 Å². The second kappa shape index (κ2) is 7.03. The van der Waals surface area contributed by atoms with E-state index in [1.807, 2.05) is 6.07 Å². The molecule has 1 aromatic carbocycles. The molecule has 28 heavy (non-hydrogen) atoms. The van der Waals surface area contributed by atoms with E-state index in [9.17, 15) is 9.18 Å². The van der Waals surface area contributed by atoms with Crippen molar-refractivity contribution >= 4 is 17.4 Å². The second-order valence-electron chi connectivity index (χ2n) is 6.17. The lowest BCUT2D eigenvalue weighted by Crippen LogP contribution is -2.12. The van der Waals surface area contributed by atoms with Crippen LogP contribution in [-0.2, 0) is 6.54 Å². The fourth-order valence-corrected chi connectivity index (χ4v) is 2.97. The van der Waals surface area contributed by atoms with Gasteiger partial charge in [-0.2, -0.15) is 5.10 Å². The van der Waals surface area contributed by atoms with Crippen molar-refractivity contribution in [2.24, 2.45) is 5.73 Å². The van der Waals surface area contributed by atoms with E-state index in [-0.39, 0.29) is 5.82 Å². The Morgan fingerprint density at radius 3 is 2.89 bits per heavy atom. The maximum atomic E-state index is 13.3. The first kappa shape index (κ1) is 17.5. The summed E-state index contributed by atoms with van der Waals surface area (Å²) in [4.78, 5) is 20.6. The van der Waals surface area contributed by atoms with Gasteiger partial charge in [-0.25, -0.2) is 14.4 Å². The van der Waals surface area contributed by atoms with Gasteiger partial charge in [0.15, 0.2) is 0 Å². The molecule has 0 radical (unpaired) electrons. The van der Waals surface area contributed by atoms with Crippen LogP contribution in [0.3, 0.4) is 0 Å². The zero-order valence-corrected chi connectivity index (χ0v) is 14.9. The number of imidazole rings is 1. The number of fused-ring (bicyclic) bond motifs is 1. The molecule has 4 rings (SSSR count). The van der Waals surface area contributed by atoms with Crippen LogP contribution in [0.5, 0.6) is 0 Å². The van der Waals surface area contributed by atoms with Crippen molar-refractivity contribution in [1.82, 2.24) is 24.6 Å². The molecule has 3 aromatic heterocycles. The molecule has 0 unspecified atom stereocenters. The van der Waals surface area contributed by atoms with E-state index >= 15 is 0 Å². The van der Waals surface area contributed by atoms with Crippen molar-refractivity contribution in [3.63, 3.8) is 0 Å². The van der Waals surface area contributed by atoms with Gasteiger partial charge in [0.1, 0.15) is 23.0 Å². The van der Waals surface area contributed by atoms with Crippen molar-refractivity contribution in [2.75, 3.05) is 5.32 Å². The smallest absolute Gasteiger partial charge is 0.252 e. The summed E-state index contributed by atoms with van der Waals surface area (Å²) in [5, 5.41) is 11.2. The summed E-state index contributed by atoms with van der Waals surface area (Å²) in [6.45, 7) is 2.18. The van der Waals surface area contributed by atoms with Gasteiger partial charge in [-0.3, -0.25) is 9.20 Å². The minimum absolute atomic E-state index is 0.299. The first-order chi connectivity index (χ1) is 13.5. The van der Waals surface area contributed by atoms with E-state index in [1.165, 1.54) is 18.3 Å². The number of nitrogens with zero attached hydrogens (tertiary/aromatic N) is 5. The number of hydrogen-bond donors (Lipinski definition) is 2. The Kier molecular flexibility index (Phi) is 4.40. The van der Waals surface area contributed by atoms with Gasteiger partial charge >= 0.3 is 0 Å². The van der Waals surface area contributed by atoms with Crippen LogP contribution in [0.1, 0.15) is 21.6 Å². The molecule has 140 valence electrons. The molecule has 0 aliphatic carbocycles. The Labute approximate surface area is 159 Å². The molecule has 3 heterocycles. The number of nitrogens with one attached hydrogen (secondary N) is 1. The number of primary amides is 1. The van der Waals surface area contributed by atoms with E-state index < -0.39 is 5.91 Å².